The number of fused-ring (bicyclic) bond motifs is 19. The minimum absolute atomic E-state index is 0.248. The van der Waals surface area contributed by atoms with Crippen molar-refractivity contribution in [3.63, 3.8) is 0 Å². The van der Waals surface area contributed by atoms with E-state index in [0.717, 1.165) is 17.6 Å². The number of aromatic nitrogens is 2. The van der Waals surface area contributed by atoms with E-state index in [0.29, 0.717) is 11.8 Å². The smallest absolute Gasteiger partial charge is 0.269 e. The van der Waals surface area contributed by atoms with Crippen molar-refractivity contribution in [1.29, 1.82) is 0 Å². The van der Waals surface area contributed by atoms with Crippen LogP contribution in [0, 0.1) is 13.8 Å². The molecule has 3 nitrogen and oxygen atoms in total. The lowest BCUT2D eigenvalue weighted by Gasteiger charge is -2.17. The molecule has 3 unspecified atom stereocenters. The summed E-state index contributed by atoms with van der Waals surface area (Å²) in [4.78, 5) is 0. The van der Waals surface area contributed by atoms with E-state index in [1.165, 1.54) is 83.4 Å². The van der Waals surface area contributed by atoms with Crippen molar-refractivity contribution in [2.24, 2.45) is 0 Å². The van der Waals surface area contributed by atoms with Crippen LogP contribution in [0.15, 0.2) is 114 Å². The summed E-state index contributed by atoms with van der Waals surface area (Å²) >= 11 is 0. The minimum atomic E-state index is -0.284. The molecule has 2 aliphatic heterocycles. The van der Waals surface area contributed by atoms with Crippen molar-refractivity contribution < 1.29 is 13.6 Å². The molecule has 5 heterocycles. The summed E-state index contributed by atoms with van der Waals surface area (Å²) in [7, 11) is 0. The number of pyridine rings is 2. The molecule has 48 heavy (non-hydrogen) atoms. The molecular formula is C45H36N2O+2. The van der Waals surface area contributed by atoms with E-state index in [1.807, 2.05) is 0 Å². The normalized spacial score (nSPS) is 20.6. The molecule has 0 saturated heterocycles. The van der Waals surface area contributed by atoms with Crippen LogP contribution in [0.3, 0.4) is 0 Å². The maximum atomic E-state index is 7.09. The predicted octanol–water partition coefficient (Wildman–Crippen LogP) is 9.88. The van der Waals surface area contributed by atoms with Crippen molar-refractivity contribution >= 4 is 28.0 Å². The van der Waals surface area contributed by atoms with Crippen LogP contribution < -0.4 is 9.13 Å². The Labute approximate surface area is 280 Å². The first kappa shape index (κ1) is 26.8. The number of rotatable bonds is 2. The third-order valence-electron chi connectivity index (χ3n) is 12.0. The van der Waals surface area contributed by atoms with E-state index >= 15 is 0 Å². The van der Waals surface area contributed by atoms with Gasteiger partial charge >= 0.3 is 0 Å². The van der Waals surface area contributed by atoms with Gasteiger partial charge in [0.2, 0.25) is 17.4 Å². The van der Waals surface area contributed by atoms with Gasteiger partial charge in [-0.15, -0.1) is 0 Å². The number of aryl methyl sites for hydroxylation is 2. The predicted molar refractivity (Wildman–Crippen MR) is 192 cm³/mol. The fourth-order valence-electron chi connectivity index (χ4n) is 10.0. The molecule has 1 fully saturated rings. The largest absolute Gasteiger partial charge is 0.455 e. The van der Waals surface area contributed by atoms with Crippen molar-refractivity contribution in [2.45, 2.75) is 57.5 Å². The fraction of sp³-hybridized carbons (Fsp3) is 0.200. The van der Waals surface area contributed by atoms with E-state index in [1.54, 1.807) is 0 Å². The van der Waals surface area contributed by atoms with Gasteiger partial charge in [0.15, 0.2) is 12.4 Å². The zero-order valence-electron chi connectivity index (χ0n) is 27.7. The first-order valence-electron chi connectivity index (χ1n) is 17.4. The average molecular weight is 621 g/mol. The Morgan fingerprint density at radius 2 is 1.56 bits per heavy atom. The monoisotopic (exact) mass is 620 g/mol. The van der Waals surface area contributed by atoms with Gasteiger partial charge in [-0.05, 0) is 77.8 Å². The maximum absolute atomic E-state index is 7.09. The molecule has 4 aliphatic rings. The van der Waals surface area contributed by atoms with E-state index in [4.69, 9.17) is 4.42 Å². The standard InChI is InChI=1S/C45H36N2O/c1-25(2)34-23-38-40-36(21-20-33-32-19-18-28-13-10-16-29(28)42(32)48-43(33)40)45(47(38)24-35(34)39-26(3)11-9-12-27(39)4)41-31-15-6-5-14-30(31)37-17-7-8-22-46(37)44(41)45/h5-12,14-25,41,44H,13H2,1-4H3/q+2. The molecule has 0 radical (unpaired) electrons. The lowest BCUT2D eigenvalue weighted by molar-refractivity contribution is -0.771. The highest BCUT2D eigenvalue weighted by Crippen LogP contribution is 2.71. The van der Waals surface area contributed by atoms with Crippen LogP contribution >= 0.6 is 0 Å². The summed E-state index contributed by atoms with van der Waals surface area (Å²) in [5.74, 6) is 0.647. The van der Waals surface area contributed by atoms with Crippen LogP contribution in [0.1, 0.15) is 70.7 Å². The van der Waals surface area contributed by atoms with Crippen LogP contribution in [0.4, 0.5) is 0 Å². The first-order valence-corrected chi connectivity index (χ1v) is 17.4. The molecule has 0 bridgehead atoms. The molecule has 1 spiro atoms. The summed E-state index contributed by atoms with van der Waals surface area (Å²) in [6, 6.07) is 34.6. The Kier molecular flexibility index (Phi) is 5.01. The van der Waals surface area contributed by atoms with Gasteiger partial charge in [0, 0.05) is 45.7 Å². The van der Waals surface area contributed by atoms with E-state index in [2.05, 4.69) is 152 Å². The fourth-order valence-corrected chi connectivity index (χ4v) is 10.0. The Balaban J connectivity index is 1.29. The highest BCUT2D eigenvalue weighted by Gasteiger charge is 2.86. The van der Waals surface area contributed by atoms with Gasteiger partial charge < -0.3 is 4.42 Å². The molecular weight excluding hydrogens is 585 g/mol. The molecule has 3 aromatic heterocycles. The molecule has 3 heteroatoms. The Morgan fingerprint density at radius 1 is 0.771 bits per heavy atom. The minimum Gasteiger partial charge on any atom is -0.455 e. The molecule has 4 aromatic carbocycles. The second-order valence-corrected chi connectivity index (χ2v) is 14.7. The van der Waals surface area contributed by atoms with Crippen molar-refractivity contribution in [2.75, 3.05) is 0 Å². The van der Waals surface area contributed by atoms with E-state index in [9.17, 15) is 0 Å². The van der Waals surface area contributed by atoms with Gasteiger partial charge in [0.25, 0.3) is 5.54 Å². The zero-order valence-corrected chi connectivity index (χ0v) is 27.7. The maximum Gasteiger partial charge on any atom is 0.269 e. The van der Waals surface area contributed by atoms with Crippen LogP contribution in [0.25, 0.3) is 61.7 Å². The topological polar surface area (TPSA) is 20.9 Å². The van der Waals surface area contributed by atoms with Gasteiger partial charge in [-0.1, -0.05) is 80.6 Å². The molecule has 0 N–H and O–H groups in total. The highest BCUT2D eigenvalue weighted by atomic mass is 16.3. The van der Waals surface area contributed by atoms with Crippen LogP contribution in [0.5, 0.6) is 0 Å². The SMILES string of the molecule is Cc1cccc(C)c1-c1c[n+]2c(cc1C(C)C)-c1c(ccc3c1oc1c4c(ccc13)CC=C4)C21C2c3ccccc3-c3cccc[n+]3C21. The second-order valence-electron chi connectivity index (χ2n) is 14.7. The van der Waals surface area contributed by atoms with Crippen molar-refractivity contribution in [3.05, 3.63) is 148 Å². The van der Waals surface area contributed by atoms with Gasteiger partial charge in [0.05, 0.1) is 11.1 Å². The van der Waals surface area contributed by atoms with Gasteiger partial charge in [-0.2, -0.15) is 9.13 Å². The number of hydrogen-bond acceptors (Lipinski definition) is 1. The quantitative estimate of drug-likeness (QED) is 0.176. The number of benzene rings is 4. The Hall–Kier alpha value is -5.28. The molecule has 3 atom stereocenters. The molecule has 1 saturated carbocycles. The van der Waals surface area contributed by atoms with Gasteiger partial charge in [-0.3, -0.25) is 0 Å². The number of allylic oxidation sites excluding steroid dienone is 1. The molecule has 230 valence electrons. The lowest BCUT2D eigenvalue weighted by Crippen LogP contribution is -2.51. The Morgan fingerprint density at radius 3 is 2.42 bits per heavy atom. The van der Waals surface area contributed by atoms with Crippen LogP contribution in [-0.4, -0.2) is 0 Å². The van der Waals surface area contributed by atoms with E-state index < -0.39 is 0 Å². The van der Waals surface area contributed by atoms with Gasteiger partial charge in [0.1, 0.15) is 17.1 Å². The summed E-state index contributed by atoms with van der Waals surface area (Å²) in [5, 5.41) is 2.41. The summed E-state index contributed by atoms with van der Waals surface area (Å²) < 4.78 is 12.3. The zero-order chi connectivity index (χ0) is 32.1. The molecule has 2 aliphatic carbocycles. The number of furan rings is 1. The first-order chi connectivity index (χ1) is 23.5. The number of hydrogen-bond donors (Lipinski definition) is 0. The van der Waals surface area contributed by atoms with Crippen LogP contribution in [0.2, 0.25) is 0 Å². The third kappa shape index (κ3) is 3.07. The van der Waals surface area contributed by atoms with E-state index in [-0.39, 0.29) is 11.6 Å². The lowest BCUT2D eigenvalue weighted by atomic mass is 9.88. The third-order valence-corrected chi connectivity index (χ3v) is 12.0. The summed E-state index contributed by atoms with van der Waals surface area (Å²) in [5.41, 5.74) is 19.1. The Bertz CT molecular complexity index is 2550. The van der Waals surface area contributed by atoms with Gasteiger partial charge in [-0.25, -0.2) is 0 Å². The molecule has 11 rings (SSSR count). The second kappa shape index (κ2) is 8.99. The summed E-state index contributed by atoms with van der Waals surface area (Å²) in [6.07, 6.45) is 10.3. The van der Waals surface area contributed by atoms with Crippen LogP contribution in [-0.2, 0) is 12.0 Å². The average Bonchev–Trinajstić information content (AvgIpc) is 3.34. The molecule has 7 aromatic rings. The highest BCUT2D eigenvalue weighted by molar-refractivity contribution is 6.12. The van der Waals surface area contributed by atoms with Crippen molar-refractivity contribution in [1.82, 2.24) is 0 Å². The molecule has 0 amide bonds. The summed E-state index contributed by atoms with van der Waals surface area (Å²) in [6.45, 7) is 9.20. The van der Waals surface area contributed by atoms with Crippen molar-refractivity contribution in [3.8, 4) is 33.6 Å². The number of nitrogens with zero attached hydrogens (tertiary/aromatic N) is 2.